The molecule has 0 aliphatic carbocycles. The summed E-state index contributed by atoms with van der Waals surface area (Å²) < 4.78 is 3.97. The summed E-state index contributed by atoms with van der Waals surface area (Å²) in [5.74, 6) is 5.77. The van der Waals surface area contributed by atoms with E-state index in [0.29, 0.717) is 0 Å². The van der Waals surface area contributed by atoms with Crippen molar-refractivity contribution in [2.75, 3.05) is 0 Å². The van der Waals surface area contributed by atoms with Crippen LogP contribution < -0.4 is 11.3 Å². The summed E-state index contributed by atoms with van der Waals surface area (Å²) in [7, 11) is 1.98. The smallest absolute Gasteiger partial charge is 0.0628 e. The fourth-order valence-corrected chi connectivity index (χ4v) is 2.84. The van der Waals surface area contributed by atoms with E-state index in [-0.39, 0.29) is 6.04 Å². The van der Waals surface area contributed by atoms with Gasteiger partial charge in [-0.1, -0.05) is 0 Å². The number of nitrogens with two attached hydrogens (primary N) is 1. The highest BCUT2D eigenvalue weighted by molar-refractivity contribution is 5.26. The van der Waals surface area contributed by atoms with Gasteiger partial charge in [-0.2, -0.15) is 10.2 Å². The third-order valence-electron chi connectivity index (χ3n) is 4.09. The van der Waals surface area contributed by atoms with Crippen LogP contribution in [0.15, 0.2) is 6.07 Å². The summed E-state index contributed by atoms with van der Waals surface area (Å²) in [6.07, 6.45) is 1.73. The van der Waals surface area contributed by atoms with Crippen LogP contribution in [0.2, 0.25) is 0 Å². The molecule has 1 unspecified atom stereocenters. The molecule has 0 spiro atoms. The number of nitrogens with zero attached hydrogens (tertiary/aromatic N) is 4. The van der Waals surface area contributed by atoms with E-state index in [9.17, 15) is 0 Å². The fraction of sp³-hybridized carbons (Fsp3) is 0.600. The Bertz CT molecular complexity index is 610. The number of aromatic nitrogens is 4. The molecule has 0 radical (unpaired) electrons. The van der Waals surface area contributed by atoms with Gasteiger partial charge in [-0.3, -0.25) is 20.6 Å². The summed E-state index contributed by atoms with van der Waals surface area (Å²) in [5.41, 5.74) is 8.78. The number of rotatable bonds is 6. The van der Waals surface area contributed by atoms with Crippen molar-refractivity contribution in [3.63, 3.8) is 0 Å². The van der Waals surface area contributed by atoms with E-state index in [1.54, 1.807) is 0 Å². The average Bonchev–Trinajstić information content (AvgIpc) is 2.92. The topological polar surface area (TPSA) is 73.7 Å². The molecular weight excluding hydrogens is 264 g/mol. The van der Waals surface area contributed by atoms with Crippen LogP contribution in [-0.2, 0) is 26.4 Å². The molecule has 0 aliphatic rings. The first-order valence-corrected chi connectivity index (χ1v) is 7.44. The minimum atomic E-state index is 0.174. The van der Waals surface area contributed by atoms with E-state index in [4.69, 9.17) is 5.84 Å². The number of hydrogen-bond acceptors (Lipinski definition) is 4. The first-order chi connectivity index (χ1) is 9.96. The molecule has 2 aromatic rings. The van der Waals surface area contributed by atoms with E-state index in [1.165, 1.54) is 17.0 Å². The standard InChI is InChI=1S/C15H26N6/c1-6-21-14(7-10(2)18-21)8-13(17-16)9-15-11(3)19-20(5)12(15)4/h7,13,17H,6,8-9,16H2,1-5H3. The fourth-order valence-electron chi connectivity index (χ4n) is 2.84. The van der Waals surface area contributed by atoms with Crippen LogP contribution in [0, 0.1) is 20.8 Å². The van der Waals surface area contributed by atoms with Crippen LogP contribution in [-0.4, -0.2) is 25.6 Å². The van der Waals surface area contributed by atoms with Gasteiger partial charge in [0.1, 0.15) is 0 Å². The normalized spacial score (nSPS) is 12.9. The maximum absolute atomic E-state index is 5.77. The first-order valence-electron chi connectivity index (χ1n) is 7.44. The largest absolute Gasteiger partial charge is 0.272 e. The molecule has 1 atom stereocenters. The highest BCUT2D eigenvalue weighted by Crippen LogP contribution is 2.16. The van der Waals surface area contributed by atoms with Gasteiger partial charge < -0.3 is 0 Å². The lowest BCUT2D eigenvalue weighted by Crippen LogP contribution is -2.39. The Hall–Kier alpha value is -1.66. The van der Waals surface area contributed by atoms with Crippen molar-refractivity contribution < 1.29 is 0 Å². The Labute approximate surface area is 126 Å². The highest BCUT2D eigenvalue weighted by atomic mass is 15.3. The number of hydrazine groups is 1. The van der Waals surface area contributed by atoms with Gasteiger partial charge in [0, 0.05) is 37.4 Å². The number of nitrogens with one attached hydrogen (secondary N) is 1. The quantitative estimate of drug-likeness (QED) is 0.619. The van der Waals surface area contributed by atoms with E-state index in [0.717, 1.165) is 30.8 Å². The molecule has 3 N–H and O–H groups in total. The van der Waals surface area contributed by atoms with Crippen molar-refractivity contribution in [1.29, 1.82) is 0 Å². The average molecular weight is 290 g/mol. The molecule has 0 saturated carbocycles. The molecule has 116 valence electrons. The Kier molecular flexibility index (Phi) is 4.80. The summed E-state index contributed by atoms with van der Waals surface area (Å²) >= 11 is 0. The Morgan fingerprint density at radius 2 is 1.95 bits per heavy atom. The van der Waals surface area contributed by atoms with Crippen LogP contribution in [0.5, 0.6) is 0 Å². The Morgan fingerprint density at radius 3 is 2.48 bits per heavy atom. The molecule has 2 aromatic heterocycles. The Balaban J connectivity index is 2.16. The lowest BCUT2D eigenvalue weighted by atomic mass is 10.0. The monoisotopic (exact) mass is 290 g/mol. The van der Waals surface area contributed by atoms with Crippen LogP contribution in [0.25, 0.3) is 0 Å². The molecule has 2 heterocycles. The lowest BCUT2D eigenvalue weighted by Gasteiger charge is -2.17. The zero-order valence-corrected chi connectivity index (χ0v) is 13.6. The summed E-state index contributed by atoms with van der Waals surface area (Å²) in [6.45, 7) is 9.16. The molecule has 0 saturated heterocycles. The van der Waals surface area contributed by atoms with Gasteiger partial charge in [0.05, 0.1) is 11.4 Å². The molecular formula is C15H26N6. The van der Waals surface area contributed by atoms with Gasteiger partial charge in [0.15, 0.2) is 0 Å². The van der Waals surface area contributed by atoms with Gasteiger partial charge in [0.2, 0.25) is 0 Å². The summed E-state index contributed by atoms with van der Waals surface area (Å²) in [5, 5.41) is 8.97. The molecule has 2 rings (SSSR count). The van der Waals surface area contributed by atoms with E-state index < -0.39 is 0 Å². The van der Waals surface area contributed by atoms with Crippen molar-refractivity contribution in [2.45, 2.75) is 53.1 Å². The van der Waals surface area contributed by atoms with Gasteiger partial charge in [0.25, 0.3) is 0 Å². The van der Waals surface area contributed by atoms with Crippen molar-refractivity contribution in [3.8, 4) is 0 Å². The van der Waals surface area contributed by atoms with E-state index >= 15 is 0 Å². The van der Waals surface area contributed by atoms with Gasteiger partial charge in [-0.15, -0.1) is 0 Å². The molecule has 0 aliphatic heterocycles. The van der Waals surface area contributed by atoms with E-state index in [1.807, 2.05) is 23.3 Å². The van der Waals surface area contributed by atoms with Gasteiger partial charge in [-0.05, 0) is 45.7 Å². The predicted molar refractivity (Wildman–Crippen MR) is 83.8 cm³/mol. The van der Waals surface area contributed by atoms with Crippen molar-refractivity contribution >= 4 is 0 Å². The van der Waals surface area contributed by atoms with Crippen molar-refractivity contribution in [2.24, 2.45) is 12.9 Å². The van der Waals surface area contributed by atoms with Crippen LogP contribution in [0.4, 0.5) is 0 Å². The highest BCUT2D eigenvalue weighted by Gasteiger charge is 2.17. The SMILES string of the molecule is CCn1nc(C)cc1CC(Cc1c(C)nn(C)c1C)NN. The zero-order valence-electron chi connectivity index (χ0n) is 13.6. The van der Waals surface area contributed by atoms with Crippen molar-refractivity contribution in [3.05, 3.63) is 34.4 Å². The molecule has 6 heteroatoms. The van der Waals surface area contributed by atoms with Crippen LogP contribution >= 0.6 is 0 Å². The van der Waals surface area contributed by atoms with Crippen molar-refractivity contribution in [1.82, 2.24) is 25.0 Å². The Morgan fingerprint density at radius 1 is 1.24 bits per heavy atom. The zero-order chi connectivity index (χ0) is 15.6. The second kappa shape index (κ2) is 6.41. The second-order valence-corrected chi connectivity index (χ2v) is 5.64. The molecule has 0 amide bonds. The molecule has 0 fully saturated rings. The third kappa shape index (κ3) is 3.33. The first kappa shape index (κ1) is 15.7. The van der Waals surface area contributed by atoms with Crippen LogP contribution in [0.3, 0.4) is 0 Å². The maximum atomic E-state index is 5.77. The number of aryl methyl sites for hydroxylation is 4. The predicted octanol–water partition coefficient (Wildman–Crippen LogP) is 1.18. The second-order valence-electron chi connectivity index (χ2n) is 5.64. The molecule has 0 aromatic carbocycles. The lowest BCUT2D eigenvalue weighted by molar-refractivity contribution is 0.494. The van der Waals surface area contributed by atoms with E-state index in [2.05, 4.69) is 42.5 Å². The van der Waals surface area contributed by atoms with Crippen LogP contribution in [0.1, 0.15) is 35.3 Å². The van der Waals surface area contributed by atoms with Gasteiger partial charge >= 0.3 is 0 Å². The molecule has 21 heavy (non-hydrogen) atoms. The minimum absolute atomic E-state index is 0.174. The maximum Gasteiger partial charge on any atom is 0.0628 e. The summed E-state index contributed by atoms with van der Waals surface area (Å²) in [4.78, 5) is 0. The minimum Gasteiger partial charge on any atom is -0.272 e. The third-order valence-corrected chi connectivity index (χ3v) is 4.09. The number of hydrogen-bond donors (Lipinski definition) is 2. The summed E-state index contributed by atoms with van der Waals surface area (Å²) in [6, 6.07) is 2.31. The van der Waals surface area contributed by atoms with Gasteiger partial charge in [-0.25, -0.2) is 0 Å². The molecule has 6 nitrogen and oxygen atoms in total. The molecule has 0 bridgehead atoms.